The monoisotopic (exact) mass is 477 g/mol. The van der Waals surface area contributed by atoms with Crippen molar-refractivity contribution in [2.24, 2.45) is 47.3 Å². The van der Waals surface area contributed by atoms with Gasteiger partial charge in [-0.1, -0.05) is 135 Å². The molecule has 0 aliphatic heterocycles. The lowest BCUT2D eigenvalue weighted by Crippen LogP contribution is -1.93. The van der Waals surface area contributed by atoms with Gasteiger partial charge in [-0.2, -0.15) is 0 Å². The molecule has 0 heteroatoms. The molecule has 34 heavy (non-hydrogen) atoms. The lowest BCUT2D eigenvalue weighted by Gasteiger charge is -2.05. The number of hydrogen-bond acceptors (Lipinski definition) is 0. The first-order valence-corrected chi connectivity index (χ1v) is 14.3. The second-order valence-electron chi connectivity index (χ2n) is 12.7. The highest BCUT2D eigenvalue weighted by Crippen LogP contribution is 2.08. The van der Waals surface area contributed by atoms with Gasteiger partial charge in [0.15, 0.2) is 0 Å². The van der Waals surface area contributed by atoms with E-state index in [1.54, 1.807) is 0 Å². The maximum Gasteiger partial charge on any atom is 0.0146 e. The maximum atomic E-state index is 3.13. The smallest absolute Gasteiger partial charge is 0.0146 e. The summed E-state index contributed by atoms with van der Waals surface area (Å²) >= 11 is 0. The molecule has 0 aliphatic carbocycles. The fourth-order valence-corrected chi connectivity index (χ4v) is 2.66. The summed E-state index contributed by atoms with van der Waals surface area (Å²) in [5, 5.41) is 0. The quantitative estimate of drug-likeness (QED) is 0.229. The molecule has 0 nitrogen and oxygen atoms in total. The van der Waals surface area contributed by atoms with Crippen molar-refractivity contribution in [3.8, 4) is 11.8 Å². The van der Waals surface area contributed by atoms with Gasteiger partial charge in [0.05, 0.1) is 0 Å². The lowest BCUT2D eigenvalue weighted by atomic mass is 10.0. The maximum absolute atomic E-state index is 3.13. The van der Waals surface area contributed by atoms with E-state index in [9.17, 15) is 0 Å². The van der Waals surface area contributed by atoms with Gasteiger partial charge in [-0.3, -0.25) is 0 Å². The normalized spacial score (nSPS) is 11.3. The van der Waals surface area contributed by atoms with Crippen LogP contribution in [0.15, 0.2) is 24.3 Å². The molecule has 0 aromatic carbocycles. The standard InChI is InChI=1S/2C9H18.C9H16.C7H16/c3*1-8(2)6-5-7-9(3)4;1-6(2)5-7(3)4/h2*5-6,8-9H,7H2,1-4H3;8-9H,6H2,1-4H3;6-7H,5H2,1-4H3/b6-5+;6-5-;;. The molecule has 0 heterocycles. The third-order valence-corrected chi connectivity index (χ3v) is 4.10. The largest absolute Gasteiger partial charge is 0.103 e. The highest BCUT2D eigenvalue weighted by atomic mass is 14.0. The molecule has 0 aromatic heterocycles. The number of hydrogen-bond donors (Lipinski definition) is 0. The topological polar surface area (TPSA) is 0 Å². The number of rotatable bonds is 9. The molecule has 0 aromatic rings. The highest BCUT2D eigenvalue weighted by Gasteiger charge is 1.95. The molecule has 0 saturated heterocycles. The average Bonchev–Trinajstić information content (AvgIpc) is 2.60. The van der Waals surface area contributed by atoms with Crippen LogP contribution in [0.5, 0.6) is 0 Å². The third-order valence-electron chi connectivity index (χ3n) is 4.10. The van der Waals surface area contributed by atoms with Crippen molar-refractivity contribution in [3.05, 3.63) is 24.3 Å². The molecule has 0 rings (SSSR count). The molecule has 204 valence electrons. The van der Waals surface area contributed by atoms with Crippen molar-refractivity contribution in [2.45, 2.75) is 136 Å². The summed E-state index contributed by atoms with van der Waals surface area (Å²) in [6.07, 6.45) is 13.9. The van der Waals surface area contributed by atoms with E-state index in [-0.39, 0.29) is 0 Å². The molecule has 0 saturated carbocycles. The molecule has 0 radical (unpaired) electrons. The summed E-state index contributed by atoms with van der Waals surface area (Å²) in [5.41, 5.74) is 0. The van der Waals surface area contributed by atoms with Gasteiger partial charge in [0.25, 0.3) is 0 Å². The fraction of sp³-hybridized carbons (Fsp3) is 0.824. The summed E-state index contributed by atoms with van der Waals surface area (Å²) in [6.45, 7) is 35.5. The van der Waals surface area contributed by atoms with E-state index < -0.39 is 0 Å². The molecule has 0 bridgehead atoms. The number of allylic oxidation sites excluding steroid dienone is 4. The Bertz CT molecular complexity index is 454. The molecule has 0 amide bonds. The molecular weight excluding hydrogens is 408 g/mol. The van der Waals surface area contributed by atoms with E-state index in [0.29, 0.717) is 17.8 Å². The fourth-order valence-electron chi connectivity index (χ4n) is 2.66. The zero-order valence-corrected chi connectivity index (χ0v) is 26.8. The van der Waals surface area contributed by atoms with Crippen LogP contribution in [0, 0.1) is 59.2 Å². The van der Waals surface area contributed by atoms with Gasteiger partial charge in [-0.05, 0) is 60.7 Å². The van der Waals surface area contributed by atoms with E-state index >= 15 is 0 Å². The Labute approximate surface area is 219 Å². The molecule has 0 fully saturated rings. The Morgan fingerprint density at radius 3 is 1.00 bits per heavy atom. The van der Waals surface area contributed by atoms with E-state index in [1.165, 1.54) is 19.3 Å². The van der Waals surface area contributed by atoms with E-state index in [1.807, 2.05) is 0 Å². The molecular formula is C34H68. The first-order valence-electron chi connectivity index (χ1n) is 14.3. The van der Waals surface area contributed by atoms with Crippen molar-refractivity contribution < 1.29 is 0 Å². The summed E-state index contributed by atoms with van der Waals surface area (Å²) in [7, 11) is 0. The van der Waals surface area contributed by atoms with Crippen LogP contribution in [0.4, 0.5) is 0 Å². The van der Waals surface area contributed by atoms with Gasteiger partial charge >= 0.3 is 0 Å². The average molecular weight is 477 g/mol. The van der Waals surface area contributed by atoms with Gasteiger partial charge in [0.2, 0.25) is 0 Å². The van der Waals surface area contributed by atoms with Crippen LogP contribution in [0.2, 0.25) is 0 Å². The highest BCUT2D eigenvalue weighted by molar-refractivity contribution is 5.01. The third kappa shape index (κ3) is 63.3. The van der Waals surface area contributed by atoms with Gasteiger partial charge < -0.3 is 0 Å². The first-order chi connectivity index (χ1) is 15.5. The van der Waals surface area contributed by atoms with Crippen molar-refractivity contribution in [1.82, 2.24) is 0 Å². The van der Waals surface area contributed by atoms with Crippen molar-refractivity contribution in [3.63, 3.8) is 0 Å². The van der Waals surface area contributed by atoms with Gasteiger partial charge in [-0.15, -0.1) is 11.8 Å². The summed E-state index contributed by atoms with van der Waals surface area (Å²) in [6, 6.07) is 0. The minimum atomic E-state index is 0.531. The van der Waals surface area contributed by atoms with E-state index in [4.69, 9.17) is 0 Å². The summed E-state index contributed by atoms with van der Waals surface area (Å²) in [4.78, 5) is 0. The Morgan fingerprint density at radius 1 is 0.471 bits per heavy atom. The van der Waals surface area contributed by atoms with Crippen LogP contribution in [0.3, 0.4) is 0 Å². The van der Waals surface area contributed by atoms with Crippen molar-refractivity contribution >= 4 is 0 Å². The van der Waals surface area contributed by atoms with Crippen LogP contribution in [-0.2, 0) is 0 Å². The van der Waals surface area contributed by atoms with Crippen molar-refractivity contribution in [1.29, 1.82) is 0 Å². The SMILES string of the molecule is CC(C)/C=C/CC(C)C.CC(C)/C=C\CC(C)C.CC(C)C#CCC(C)C.CC(C)CC(C)C. The molecule has 0 aliphatic rings. The second-order valence-corrected chi connectivity index (χ2v) is 12.7. The van der Waals surface area contributed by atoms with Crippen LogP contribution in [0.1, 0.15) is 136 Å². The predicted octanol–water partition coefficient (Wildman–Crippen LogP) is 11.9. The zero-order chi connectivity index (χ0) is 27.7. The van der Waals surface area contributed by atoms with Gasteiger partial charge in [0, 0.05) is 12.3 Å². The lowest BCUT2D eigenvalue weighted by molar-refractivity contribution is 0.469. The predicted molar refractivity (Wildman–Crippen MR) is 163 cm³/mol. The zero-order valence-electron chi connectivity index (χ0n) is 26.8. The summed E-state index contributed by atoms with van der Waals surface area (Å²) in [5.74, 6) is 12.3. The molecule has 0 spiro atoms. The molecule has 0 unspecified atom stereocenters. The minimum Gasteiger partial charge on any atom is -0.103 e. The summed E-state index contributed by atoms with van der Waals surface area (Å²) < 4.78 is 0. The van der Waals surface area contributed by atoms with Crippen LogP contribution >= 0.6 is 0 Å². The van der Waals surface area contributed by atoms with Crippen molar-refractivity contribution in [2.75, 3.05) is 0 Å². The Balaban J connectivity index is -0.000000177. The molecule has 0 N–H and O–H groups in total. The molecule has 0 atom stereocenters. The first kappa shape index (κ1) is 40.2. The van der Waals surface area contributed by atoms with Crippen LogP contribution < -0.4 is 0 Å². The minimum absolute atomic E-state index is 0.531. The van der Waals surface area contributed by atoms with E-state index in [2.05, 4.69) is 147 Å². The van der Waals surface area contributed by atoms with Crippen LogP contribution in [0.25, 0.3) is 0 Å². The van der Waals surface area contributed by atoms with Gasteiger partial charge in [-0.25, -0.2) is 0 Å². The Kier molecular flexibility index (Phi) is 33.5. The van der Waals surface area contributed by atoms with Crippen LogP contribution in [-0.4, -0.2) is 0 Å². The Morgan fingerprint density at radius 2 is 0.824 bits per heavy atom. The van der Waals surface area contributed by atoms with E-state index in [0.717, 1.165) is 36.0 Å². The Hall–Kier alpha value is -0.960. The van der Waals surface area contributed by atoms with Gasteiger partial charge in [0.1, 0.15) is 0 Å². The second kappa shape index (κ2) is 28.3.